The lowest BCUT2D eigenvalue weighted by molar-refractivity contribution is 0.100. The summed E-state index contributed by atoms with van der Waals surface area (Å²) in [5, 5.41) is 3.68. The van der Waals surface area contributed by atoms with E-state index in [-0.39, 0.29) is 5.78 Å². The molecule has 15 heavy (non-hydrogen) atoms. The number of rotatable bonds is 2. The van der Waals surface area contributed by atoms with Gasteiger partial charge in [0.15, 0.2) is 11.5 Å². The number of ketones is 1. The number of nitrogens with zero attached hydrogens (tertiary/aromatic N) is 1. The molecule has 0 amide bonds. The van der Waals surface area contributed by atoms with Gasteiger partial charge in [-0.25, -0.2) is 0 Å². The van der Waals surface area contributed by atoms with Crippen molar-refractivity contribution in [1.29, 1.82) is 0 Å². The van der Waals surface area contributed by atoms with Gasteiger partial charge in [-0.1, -0.05) is 33.2 Å². The molecule has 0 bridgehead atoms. The summed E-state index contributed by atoms with van der Waals surface area (Å²) in [4.78, 5) is 11.0. The lowest BCUT2D eigenvalue weighted by Crippen LogP contribution is -1.89. The van der Waals surface area contributed by atoms with Crippen molar-refractivity contribution >= 4 is 21.7 Å². The average molecular weight is 266 g/mol. The molecular formula is C11H8BrNO2. The van der Waals surface area contributed by atoms with Gasteiger partial charge in [0, 0.05) is 23.0 Å². The van der Waals surface area contributed by atoms with E-state index in [1.165, 1.54) is 6.92 Å². The third kappa shape index (κ3) is 2.15. The first kappa shape index (κ1) is 10.1. The summed E-state index contributed by atoms with van der Waals surface area (Å²) in [6.45, 7) is 1.46. The van der Waals surface area contributed by atoms with Crippen LogP contribution in [0.5, 0.6) is 0 Å². The normalized spacial score (nSPS) is 10.3. The van der Waals surface area contributed by atoms with Crippen LogP contribution >= 0.6 is 15.9 Å². The molecule has 4 heteroatoms. The number of halogens is 1. The topological polar surface area (TPSA) is 43.1 Å². The zero-order chi connectivity index (χ0) is 10.8. The predicted octanol–water partition coefficient (Wildman–Crippen LogP) is 3.31. The highest BCUT2D eigenvalue weighted by molar-refractivity contribution is 9.10. The van der Waals surface area contributed by atoms with Gasteiger partial charge >= 0.3 is 0 Å². The maximum absolute atomic E-state index is 11.0. The lowest BCUT2D eigenvalue weighted by Gasteiger charge is -1.94. The minimum Gasteiger partial charge on any atom is -0.356 e. The highest BCUT2D eigenvalue weighted by Crippen LogP contribution is 2.23. The fourth-order valence-electron chi connectivity index (χ4n) is 1.22. The molecule has 76 valence electrons. The molecule has 0 N–H and O–H groups in total. The monoisotopic (exact) mass is 265 g/mol. The van der Waals surface area contributed by atoms with E-state index in [4.69, 9.17) is 4.52 Å². The second-order valence-corrected chi connectivity index (χ2v) is 4.06. The van der Waals surface area contributed by atoms with Crippen molar-refractivity contribution < 1.29 is 9.32 Å². The first-order chi connectivity index (χ1) is 7.16. The summed E-state index contributed by atoms with van der Waals surface area (Å²) in [7, 11) is 0. The summed E-state index contributed by atoms with van der Waals surface area (Å²) in [5.41, 5.74) is 1.24. The highest BCUT2D eigenvalue weighted by atomic mass is 79.9. The predicted molar refractivity (Wildman–Crippen MR) is 59.6 cm³/mol. The summed E-state index contributed by atoms with van der Waals surface area (Å²) >= 11 is 3.37. The average Bonchev–Trinajstić information content (AvgIpc) is 2.66. The van der Waals surface area contributed by atoms with E-state index in [0.29, 0.717) is 11.5 Å². The Balaban J connectivity index is 2.41. The first-order valence-electron chi connectivity index (χ1n) is 4.40. The Hall–Kier alpha value is -1.42. The van der Waals surface area contributed by atoms with E-state index in [2.05, 4.69) is 21.1 Å². The van der Waals surface area contributed by atoms with Crippen LogP contribution in [-0.4, -0.2) is 10.9 Å². The molecule has 1 heterocycles. The smallest absolute Gasteiger partial charge is 0.181 e. The van der Waals surface area contributed by atoms with Crippen LogP contribution in [0.1, 0.15) is 17.4 Å². The van der Waals surface area contributed by atoms with Crippen molar-refractivity contribution in [3.05, 3.63) is 40.5 Å². The molecule has 0 fully saturated rings. The van der Waals surface area contributed by atoms with Gasteiger partial charge in [-0.05, 0) is 12.1 Å². The molecule has 3 nitrogen and oxygen atoms in total. The van der Waals surface area contributed by atoms with E-state index in [1.54, 1.807) is 6.07 Å². The van der Waals surface area contributed by atoms with Crippen LogP contribution in [0.3, 0.4) is 0 Å². The number of carbonyl (C=O) groups is 1. The van der Waals surface area contributed by atoms with Gasteiger partial charge in [-0.15, -0.1) is 0 Å². The van der Waals surface area contributed by atoms with Crippen LogP contribution in [0, 0.1) is 0 Å². The van der Waals surface area contributed by atoms with E-state index in [9.17, 15) is 4.79 Å². The molecule has 0 aliphatic rings. The molecule has 0 radical (unpaired) electrons. The fourth-order valence-corrected chi connectivity index (χ4v) is 1.62. The maximum Gasteiger partial charge on any atom is 0.181 e. The van der Waals surface area contributed by atoms with Crippen LogP contribution in [0.25, 0.3) is 11.3 Å². The Morgan fingerprint density at radius 2 is 2.20 bits per heavy atom. The lowest BCUT2D eigenvalue weighted by atomic mass is 10.1. The molecule has 0 unspecified atom stereocenters. The SMILES string of the molecule is CC(=O)c1cc(-c2cccc(Br)c2)on1. The largest absolute Gasteiger partial charge is 0.356 e. The standard InChI is InChI=1S/C11H8BrNO2/c1-7(14)10-6-11(15-13-10)8-3-2-4-9(12)5-8/h2-6H,1H3. The Bertz CT molecular complexity index is 505. The molecule has 0 aliphatic heterocycles. The number of aromatic nitrogens is 1. The van der Waals surface area contributed by atoms with Gasteiger partial charge in [-0.2, -0.15) is 0 Å². The molecular weight excluding hydrogens is 258 g/mol. The van der Waals surface area contributed by atoms with Crippen LogP contribution in [0.2, 0.25) is 0 Å². The molecule has 2 aromatic rings. The van der Waals surface area contributed by atoms with Gasteiger partial charge in [-0.3, -0.25) is 4.79 Å². The number of hydrogen-bond acceptors (Lipinski definition) is 3. The highest BCUT2D eigenvalue weighted by Gasteiger charge is 2.09. The number of carbonyl (C=O) groups excluding carboxylic acids is 1. The maximum atomic E-state index is 11.0. The van der Waals surface area contributed by atoms with Crippen molar-refractivity contribution in [2.24, 2.45) is 0 Å². The van der Waals surface area contributed by atoms with Crippen molar-refractivity contribution in [2.75, 3.05) is 0 Å². The van der Waals surface area contributed by atoms with Crippen molar-refractivity contribution in [2.45, 2.75) is 6.92 Å². The third-order valence-electron chi connectivity index (χ3n) is 1.98. The Morgan fingerprint density at radius 3 is 2.80 bits per heavy atom. The number of hydrogen-bond donors (Lipinski definition) is 0. The zero-order valence-electron chi connectivity index (χ0n) is 8.03. The van der Waals surface area contributed by atoms with Gasteiger partial charge in [0.25, 0.3) is 0 Å². The second kappa shape index (κ2) is 3.98. The Labute approximate surface area is 95.2 Å². The van der Waals surface area contributed by atoms with Crippen molar-refractivity contribution in [3.63, 3.8) is 0 Å². The Morgan fingerprint density at radius 1 is 1.40 bits per heavy atom. The van der Waals surface area contributed by atoms with Crippen LogP contribution in [0.15, 0.2) is 39.3 Å². The minimum atomic E-state index is -0.0972. The summed E-state index contributed by atoms with van der Waals surface area (Å²) in [6.07, 6.45) is 0. The third-order valence-corrected chi connectivity index (χ3v) is 2.47. The van der Waals surface area contributed by atoms with Gasteiger partial charge in [0.05, 0.1) is 0 Å². The molecule has 0 saturated heterocycles. The summed E-state index contributed by atoms with van der Waals surface area (Å²) in [6, 6.07) is 9.27. The molecule has 0 spiro atoms. The molecule has 1 aromatic heterocycles. The number of benzene rings is 1. The quantitative estimate of drug-likeness (QED) is 0.783. The van der Waals surface area contributed by atoms with E-state index >= 15 is 0 Å². The van der Waals surface area contributed by atoms with Crippen molar-refractivity contribution in [3.8, 4) is 11.3 Å². The molecule has 0 aliphatic carbocycles. The van der Waals surface area contributed by atoms with E-state index in [0.717, 1.165) is 10.0 Å². The second-order valence-electron chi connectivity index (χ2n) is 3.14. The van der Waals surface area contributed by atoms with Crippen LogP contribution < -0.4 is 0 Å². The minimum absolute atomic E-state index is 0.0972. The summed E-state index contributed by atoms with van der Waals surface area (Å²) in [5.74, 6) is 0.501. The van der Waals surface area contributed by atoms with Crippen LogP contribution in [-0.2, 0) is 0 Å². The van der Waals surface area contributed by atoms with Crippen molar-refractivity contribution in [1.82, 2.24) is 5.16 Å². The first-order valence-corrected chi connectivity index (χ1v) is 5.20. The van der Waals surface area contributed by atoms with Gasteiger partial charge in [0.2, 0.25) is 0 Å². The van der Waals surface area contributed by atoms with Gasteiger partial charge < -0.3 is 4.52 Å². The van der Waals surface area contributed by atoms with E-state index < -0.39 is 0 Å². The molecule has 1 aromatic carbocycles. The molecule has 2 rings (SSSR count). The number of Topliss-reactive ketones (excluding diaryl/α,β-unsaturated/α-hetero) is 1. The zero-order valence-corrected chi connectivity index (χ0v) is 9.61. The summed E-state index contributed by atoms with van der Waals surface area (Å²) < 4.78 is 6.03. The fraction of sp³-hybridized carbons (Fsp3) is 0.0909. The van der Waals surface area contributed by atoms with E-state index in [1.807, 2.05) is 24.3 Å². The van der Waals surface area contributed by atoms with Gasteiger partial charge in [0.1, 0.15) is 5.69 Å². The Kier molecular flexibility index (Phi) is 2.68. The van der Waals surface area contributed by atoms with Crippen LogP contribution in [0.4, 0.5) is 0 Å². The molecule has 0 saturated carbocycles. The molecule has 0 atom stereocenters.